The van der Waals surface area contributed by atoms with Gasteiger partial charge in [-0.3, -0.25) is 0 Å². The molecule has 0 bridgehead atoms. The third-order valence-corrected chi connectivity index (χ3v) is 10.9. The summed E-state index contributed by atoms with van der Waals surface area (Å²) in [4.78, 5) is 12.5. The fourth-order valence-corrected chi connectivity index (χ4v) is 9.57. The van der Waals surface area contributed by atoms with Gasteiger partial charge in [0.15, 0.2) is 13.9 Å². The summed E-state index contributed by atoms with van der Waals surface area (Å²) < 4.78 is 0. The first-order chi connectivity index (χ1) is 16.2. The van der Waals surface area contributed by atoms with Crippen LogP contribution in [0.5, 0.6) is 0 Å². The predicted octanol–water partition coefficient (Wildman–Crippen LogP) is 4.22. The zero-order valence-corrected chi connectivity index (χ0v) is 20.1. The molecule has 0 amide bonds. The van der Waals surface area contributed by atoms with Crippen molar-refractivity contribution in [3.05, 3.63) is 126 Å². The van der Waals surface area contributed by atoms with Crippen LogP contribution >= 0.6 is 23.2 Å². The van der Waals surface area contributed by atoms with E-state index < -0.39 is 8.07 Å². The molecule has 1 heterocycles. The van der Waals surface area contributed by atoms with Gasteiger partial charge in [-0.25, -0.2) is 0 Å². The lowest BCUT2D eigenvalue weighted by Gasteiger charge is -2.34. The molecule has 0 radical (unpaired) electrons. The van der Waals surface area contributed by atoms with Crippen molar-refractivity contribution >= 4 is 52.0 Å². The van der Waals surface area contributed by atoms with Crippen LogP contribution in [0.1, 0.15) is 0 Å². The average Bonchev–Trinajstić information content (AvgIpc) is 2.86. The number of hydrogen-bond acceptors (Lipinski definition) is 3. The van der Waals surface area contributed by atoms with Gasteiger partial charge in [0.05, 0.1) is 0 Å². The van der Waals surface area contributed by atoms with Crippen LogP contribution in [0, 0.1) is 0 Å². The second kappa shape index (κ2) is 9.28. The smallest absolute Gasteiger partial charge is 0.198 e. The first-order valence-electron chi connectivity index (χ1n) is 10.5. The van der Waals surface area contributed by atoms with E-state index in [1.54, 1.807) is 0 Å². The van der Waals surface area contributed by atoms with Crippen molar-refractivity contribution in [3.8, 4) is 11.4 Å². The van der Waals surface area contributed by atoms with Crippen molar-refractivity contribution < 1.29 is 0 Å². The molecule has 160 valence electrons. The maximum Gasteiger partial charge on any atom is 0.227 e. The highest BCUT2D eigenvalue weighted by atomic mass is 35.5. The third-order valence-electron chi connectivity index (χ3n) is 5.76. The summed E-state index contributed by atoms with van der Waals surface area (Å²) >= 11 is 12.2. The van der Waals surface area contributed by atoms with Crippen molar-refractivity contribution in [1.29, 1.82) is 0 Å². The van der Waals surface area contributed by atoms with Gasteiger partial charge < -0.3 is 0 Å². The van der Waals surface area contributed by atoms with Crippen LogP contribution in [0.4, 0.5) is 0 Å². The molecule has 0 aliphatic carbocycles. The SMILES string of the molecule is Clc1nc(Cl)nc(-c2cccc([Si](c3ccccc3)(c3ccccc3)c3ccccc3)c2)n1. The fourth-order valence-electron chi connectivity index (χ4n) is 4.41. The van der Waals surface area contributed by atoms with Crippen molar-refractivity contribution in [1.82, 2.24) is 15.0 Å². The Morgan fingerprint density at radius 2 is 0.879 bits per heavy atom. The normalized spacial score (nSPS) is 11.3. The van der Waals surface area contributed by atoms with Crippen molar-refractivity contribution in [2.45, 2.75) is 0 Å². The van der Waals surface area contributed by atoms with Gasteiger partial charge in [0.2, 0.25) is 10.6 Å². The zero-order valence-electron chi connectivity index (χ0n) is 17.6. The lowest BCUT2D eigenvalue weighted by molar-refractivity contribution is 1.06. The molecule has 1 aromatic heterocycles. The molecular weight excluding hydrogens is 465 g/mol. The highest BCUT2D eigenvalue weighted by Gasteiger charge is 2.41. The lowest BCUT2D eigenvalue weighted by Crippen LogP contribution is -2.74. The Morgan fingerprint density at radius 1 is 0.455 bits per heavy atom. The maximum absolute atomic E-state index is 6.08. The summed E-state index contributed by atoms with van der Waals surface area (Å²) in [6.45, 7) is 0. The molecule has 0 unspecified atom stereocenters. The van der Waals surface area contributed by atoms with Crippen molar-refractivity contribution in [3.63, 3.8) is 0 Å². The van der Waals surface area contributed by atoms with Crippen LogP contribution in [0.3, 0.4) is 0 Å². The second-order valence-electron chi connectivity index (χ2n) is 7.63. The van der Waals surface area contributed by atoms with Crippen LogP contribution in [-0.4, -0.2) is 23.0 Å². The first-order valence-corrected chi connectivity index (χ1v) is 13.3. The summed E-state index contributed by atoms with van der Waals surface area (Å²) in [5, 5.41) is 5.27. The van der Waals surface area contributed by atoms with E-state index in [4.69, 9.17) is 23.2 Å². The molecule has 0 aliphatic rings. The van der Waals surface area contributed by atoms with Crippen molar-refractivity contribution in [2.75, 3.05) is 0 Å². The van der Waals surface area contributed by atoms with Crippen LogP contribution in [0.2, 0.25) is 10.6 Å². The van der Waals surface area contributed by atoms with E-state index in [1.165, 1.54) is 20.7 Å². The summed E-state index contributed by atoms with van der Waals surface area (Å²) in [5.74, 6) is 0.457. The number of halogens is 2. The van der Waals surface area contributed by atoms with E-state index in [-0.39, 0.29) is 10.6 Å². The lowest BCUT2D eigenvalue weighted by atomic mass is 10.2. The number of nitrogens with zero attached hydrogens (tertiary/aromatic N) is 3. The number of benzene rings is 4. The predicted molar refractivity (Wildman–Crippen MR) is 139 cm³/mol. The molecule has 0 saturated carbocycles. The third kappa shape index (κ3) is 4.09. The standard InChI is InChI=1S/C27H19Cl2N3Si/c28-26-30-25(31-27(29)32-26)20-11-10-18-24(19-20)33(21-12-4-1-5-13-21,22-14-6-2-7-15-22)23-16-8-3-9-17-23/h1-19H. The summed E-state index contributed by atoms with van der Waals surface area (Å²) in [5.41, 5.74) is 0.846. The van der Waals surface area contributed by atoms with Gasteiger partial charge in [-0.15, -0.1) is 0 Å². The average molecular weight is 484 g/mol. The molecule has 3 nitrogen and oxygen atoms in total. The minimum Gasteiger partial charge on any atom is -0.198 e. The summed E-state index contributed by atoms with van der Waals surface area (Å²) in [6.07, 6.45) is 0. The summed E-state index contributed by atoms with van der Waals surface area (Å²) in [6, 6.07) is 40.6. The molecule has 4 aromatic carbocycles. The highest BCUT2D eigenvalue weighted by molar-refractivity contribution is 7.19. The molecule has 0 fully saturated rings. The molecule has 0 aliphatic heterocycles. The largest absolute Gasteiger partial charge is 0.227 e. The van der Waals surface area contributed by atoms with E-state index in [2.05, 4.69) is 118 Å². The Morgan fingerprint density at radius 3 is 1.33 bits per heavy atom. The minimum absolute atomic E-state index is 0.0769. The number of aromatic nitrogens is 3. The van der Waals surface area contributed by atoms with Gasteiger partial charge >= 0.3 is 0 Å². The maximum atomic E-state index is 6.08. The molecule has 0 spiro atoms. The first kappa shape index (κ1) is 21.5. The monoisotopic (exact) mass is 483 g/mol. The second-order valence-corrected chi connectivity index (χ2v) is 12.1. The molecule has 33 heavy (non-hydrogen) atoms. The molecule has 0 atom stereocenters. The molecule has 0 N–H and O–H groups in total. The van der Waals surface area contributed by atoms with Crippen LogP contribution < -0.4 is 20.7 Å². The van der Waals surface area contributed by atoms with Gasteiger partial charge in [-0.05, 0) is 43.9 Å². The fraction of sp³-hybridized carbons (Fsp3) is 0. The van der Waals surface area contributed by atoms with Gasteiger partial charge in [0, 0.05) is 5.56 Å². The summed E-state index contributed by atoms with van der Waals surface area (Å²) in [7, 11) is -2.63. The van der Waals surface area contributed by atoms with E-state index in [0.29, 0.717) is 5.82 Å². The molecule has 5 aromatic rings. The molecule has 6 heteroatoms. The Labute approximate surface area is 203 Å². The number of rotatable bonds is 5. The minimum atomic E-state index is -2.63. The Kier molecular flexibility index (Phi) is 6.05. The van der Waals surface area contributed by atoms with E-state index in [9.17, 15) is 0 Å². The van der Waals surface area contributed by atoms with E-state index >= 15 is 0 Å². The van der Waals surface area contributed by atoms with Gasteiger partial charge in [-0.2, -0.15) is 15.0 Å². The molecule has 5 rings (SSSR count). The Hall–Kier alpha value is -3.31. The Bertz CT molecular complexity index is 1260. The van der Waals surface area contributed by atoms with E-state index in [0.717, 1.165) is 5.56 Å². The van der Waals surface area contributed by atoms with Gasteiger partial charge in [0.1, 0.15) is 0 Å². The topological polar surface area (TPSA) is 38.7 Å². The van der Waals surface area contributed by atoms with Crippen LogP contribution in [0.15, 0.2) is 115 Å². The molecule has 0 saturated heterocycles. The quantitative estimate of drug-likeness (QED) is 0.277. The molecular formula is C27H19Cl2N3Si. The van der Waals surface area contributed by atoms with Crippen LogP contribution in [0.25, 0.3) is 11.4 Å². The Balaban J connectivity index is 1.84. The van der Waals surface area contributed by atoms with Gasteiger partial charge in [0.25, 0.3) is 0 Å². The highest BCUT2D eigenvalue weighted by Crippen LogP contribution is 2.19. The zero-order chi connectivity index (χ0) is 22.7. The van der Waals surface area contributed by atoms with Gasteiger partial charge in [-0.1, -0.05) is 115 Å². The van der Waals surface area contributed by atoms with E-state index in [1.807, 2.05) is 12.1 Å². The van der Waals surface area contributed by atoms with Crippen LogP contribution in [-0.2, 0) is 0 Å². The van der Waals surface area contributed by atoms with Crippen molar-refractivity contribution in [2.24, 2.45) is 0 Å². The number of hydrogen-bond donors (Lipinski definition) is 0.